The number of carbonyl (C=O) groups is 2. The second-order valence-electron chi connectivity index (χ2n) is 8.81. The first-order valence-corrected chi connectivity index (χ1v) is 11.4. The van der Waals surface area contributed by atoms with Gasteiger partial charge in [-0.25, -0.2) is 9.59 Å². The summed E-state index contributed by atoms with van der Waals surface area (Å²) in [6.07, 6.45) is 2.66. The number of hydrogen-bond acceptors (Lipinski definition) is 4. The predicted octanol–water partition coefficient (Wildman–Crippen LogP) is 6.86. The normalized spacial score (nSPS) is 10.8. The molecule has 0 aliphatic carbocycles. The van der Waals surface area contributed by atoms with Gasteiger partial charge < -0.3 is 9.47 Å². The Kier molecular flexibility index (Phi) is 10.6. The fraction of sp³-hybridized carbons (Fsp3) is 0.462. The zero-order valence-corrected chi connectivity index (χ0v) is 19.6. The van der Waals surface area contributed by atoms with E-state index < -0.39 is 12.2 Å². The van der Waals surface area contributed by atoms with Crippen molar-refractivity contribution in [3.63, 3.8) is 0 Å². The van der Waals surface area contributed by atoms with E-state index in [1.807, 2.05) is 48.5 Å². The van der Waals surface area contributed by atoms with E-state index in [1.165, 1.54) is 0 Å². The van der Waals surface area contributed by atoms with Crippen LogP contribution in [0.25, 0.3) is 0 Å². The largest absolute Gasteiger partial charge is 0.449 e. The summed E-state index contributed by atoms with van der Waals surface area (Å²) >= 11 is 0. The molecule has 0 aliphatic heterocycles. The van der Waals surface area contributed by atoms with Crippen molar-refractivity contribution >= 4 is 23.6 Å². The molecule has 0 unspecified atom stereocenters. The van der Waals surface area contributed by atoms with Crippen LogP contribution in [-0.2, 0) is 15.9 Å². The van der Waals surface area contributed by atoms with E-state index in [0.717, 1.165) is 36.8 Å². The maximum absolute atomic E-state index is 11.9. The van der Waals surface area contributed by atoms with Crippen LogP contribution in [0.5, 0.6) is 0 Å². The SMILES string of the molecule is CC(C)CCCOC(=O)Nc1ccc(Cc2ccc(NC(=O)OCCC(C)C)cc2)cc1. The number of nitrogens with one attached hydrogen (secondary N) is 2. The second kappa shape index (κ2) is 13.4. The van der Waals surface area contributed by atoms with Crippen molar-refractivity contribution in [2.24, 2.45) is 11.8 Å². The van der Waals surface area contributed by atoms with Crippen LogP contribution in [0.2, 0.25) is 0 Å². The summed E-state index contributed by atoms with van der Waals surface area (Å²) in [6, 6.07) is 15.4. The quantitative estimate of drug-likeness (QED) is 0.374. The highest BCUT2D eigenvalue weighted by Gasteiger charge is 2.06. The molecule has 0 aromatic heterocycles. The Hall–Kier alpha value is -3.02. The lowest BCUT2D eigenvalue weighted by molar-refractivity contribution is 0.155. The molecule has 2 N–H and O–H groups in total. The van der Waals surface area contributed by atoms with Gasteiger partial charge in [-0.3, -0.25) is 10.6 Å². The number of ether oxygens (including phenoxy) is 2. The number of amides is 2. The minimum absolute atomic E-state index is 0.419. The number of hydrogen-bond donors (Lipinski definition) is 2. The molecule has 2 aromatic rings. The molecule has 0 saturated carbocycles. The second-order valence-corrected chi connectivity index (χ2v) is 8.81. The maximum Gasteiger partial charge on any atom is 0.411 e. The van der Waals surface area contributed by atoms with E-state index in [-0.39, 0.29) is 0 Å². The van der Waals surface area contributed by atoms with Gasteiger partial charge in [-0.1, -0.05) is 52.0 Å². The van der Waals surface area contributed by atoms with Gasteiger partial charge in [-0.2, -0.15) is 0 Å². The standard InChI is InChI=1S/C26H36N2O4/c1-19(2)6-5-16-31-25(29)27-23-11-7-21(8-12-23)18-22-9-13-24(14-10-22)28-26(30)32-17-15-20(3)4/h7-14,19-20H,5-6,15-18H2,1-4H3,(H,27,29)(H,28,30). The summed E-state index contributed by atoms with van der Waals surface area (Å²) in [4.78, 5) is 23.7. The molecule has 0 atom stereocenters. The smallest absolute Gasteiger partial charge is 0.411 e. The van der Waals surface area contributed by atoms with Crippen molar-refractivity contribution in [1.82, 2.24) is 0 Å². The molecule has 0 aliphatic rings. The van der Waals surface area contributed by atoms with Gasteiger partial charge >= 0.3 is 12.2 Å². The van der Waals surface area contributed by atoms with Crippen molar-refractivity contribution in [3.8, 4) is 0 Å². The molecule has 0 bridgehead atoms. The molecule has 0 spiro atoms. The Bertz CT molecular complexity index is 830. The van der Waals surface area contributed by atoms with Gasteiger partial charge in [0.1, 0.15) is 0 Å². The molecule has 2 amide bonds. The molecule has 0 radical (unpaired) electrons. The molecule has 0 fully saturated rings. The van der Waals surface area contributed by atoms with Gasteiger partial charge in [0.2, 0.25) is 0 Å². The van der Waals surface area contributed by atoms with E-state index in [2.05, 4.69) is 38.3 Å². The lowest BCUT2D eigenvalue weighted by atomic mass is 10.0. The first-order chi connectivity index (χ1) is 15.3. The van der Waals surface area contributed by atoms with Gasteiger partial charge in [-0.15, -0.1) is 0 Å². The number of rotatable bonds is 11. The van der Waals surface area contributed by atoms with Crippen LogP contribution in [0.15, 0.2) is 48.5 Å². The van der Waals surface area contributed by atoms with Crippen molar-refractivity contribution in [1.29, 1.82) is 0 Å². The van der Waals surface area contributed by atoms with Crippen LogP contribution >= 0.6 is 0 Å². The molecule has 0 heterocycles. The Morgan fingerprint density at radius 3 is 1.56 bits per heavy atom. The molecule has 0 saturated heterocycles. The molecule has 6 heteroatoms. The van der Waals surface area contributed by atoms with Crippen LogP contribution in [0.4, 0.5) is 21.0 Å². The van der Waals surface area contributed by atoms with Crippen molar-refractivity contribution in [2.75, 3.05) is 23.8 Å². The first-order valence-electron chi connectivity index (χ1n) is 11.4. The first kappa shape index (κ1) is 25.2. The lowest BCUT2D eigenvalue weighted by Crippen LogP contribution is -2.15. The van der Waals surface area contributed by atoms with Gasteiger partial charge in [-0.05, 0) is 72.9 Å². The average molecular weight is 441 g/mol. The number of carbonyl (C=O) groups excluding carboxylic acids is 2. The van der Waals surface area contributed by atoms with Gasteiger partial charge in [0.25, 0.3) is 0 Å². The van der Waals surface area contributed by atoms with Crippen molar-refractivity contribution < 1.29 is 19.1 Å². The zero-order valence-electron chi connectivity index (χ0n) is 19.6. The van der Waals surface area contributed by atoms with E-state index in [9.17, 15) is 9.59 Å². The third kappa shape index (κ3) is 10.3. The van der Waals surface area contributed by atoms with Crippen LogP contribution < -0.4 is 10.6 Å². The summed E-state index contributed by atoms with van der Waals surface area (Å²) in [6.45, 7) is 9.34. The summed E-state index contributed by atoms with van der Waals surface area (Å²) in [5.74, 6) is 1.11. The molecule has 2 aromatic carbocycles. The van der Waals surface area contributed by atoms with Gasteiger partial charge in [0.05, 0.1) is 13.2 Å². The summed E-state index contributed by atoms with van der Waals surface area (Å²) in [7, 11) is 0. The Morgan fingerprint density at radius 2 is 1.12 bits per heavy atom. The van der Waals surface area contributed by atoms with E-state index in [4.69, 9.17) is 9.47 Å². The average Bonchev–Trinajstić information content (AvgIpc) is 2.73. The van der Waals surface area contributed by atoms with E-state index in [1.54, 1.807) is 0 Å². The Morgan fingerprint density at radius 1 is 0.688 bits per heavy atom. The fourth-order valence-electron chi connectivity index (χ4n) is 3.00. The molecular weight excluding hydrogens is 404 g/mol. The zero-order chi connectivity index (χ0) is 23.3. The van der Waals surface area contributed by atoms with Crippen LogP contribution in [0.3, 0.4) is 0 Å². The minimum Gasteiger partial charge on any atom is -0.449 e. The monoisotopic (exact) mass is 440 g/mol. The summed E-state index contributed by atoms with van der Waals surface area (Å²) in [5, 5.41) is 5.50. The van der Waals surface area contributed by atoms with Gasteiger partial charge in [0, 0.05) is 11.4 Å². The lowest BCUT2D eigenvalue weighted by Gasteiger charge is -2.10. The molecule has 174 valence electrons. The molecule has 6 nitrogen and oxygen atoms in total. The number of anilines is 2. The highest BCUT2D eigenvalue weighted by molar-refractivity contribution is 5.85. The third-order valence-electron chi connectivity index (χ3n) is 4.90. The molecular formula is C26H36N2O4. The predicted molar refractivity (Wildman–Crippen MR) is 129 cm³/mol. The topological polar surface area (TPSA) is 76.7 Å². The Labute approximate surface area is 191 Å². The highest BCUT2D eigenvalue weighted by atomic mass is 16.6. The van der Waals surface area contributed by atoms with Crippen molar-refractivity contribution in [2.45, 2.75) is 53.4 Å². The minimum atomic E-state index is -0.431. The van der Waals surface area contributed by atoms with Crippen LogP contribution in [0, 0.1) is 11.8 Å². The molecule has 2 rings (SSSR count). The van der Waals surface area contributed by atoms with E-state index >= 15 is 0 Å². The summed E-state index contributed by atoms with van der Waals surface area (Å²) < 4.78 is 10.4. The molecule has 32 heavy (non-hydrogen) atoms. The van der Waals surface area contributed by atoms with E-state index in [0.29, 0.717) is 36.4 Å². The highest BCUT2D eigenvalue weighted by Crippen LogP contribution is 2.16. The summed E-state index contributed by atoms with van der Waals surface area (Å²) in [5.41, 5.74) is 3.65. The van der Waals surface area contributed by atoms with Crippen LogP contribution in [-0.4, -0.2) is 25.4 Å². The Balaban J connectivity index is 1.76. The maximum atomic E-state index is 11.9. The van der Waals surface area contributed by atoms with Crippen molar-refractivity contribution in [3.05, 3.63) is 59.7 Å². The third-order valence-corrected chi connectivity index (χ3v) is 4.90. The fourth-order valence-corrected chi connectivity index (χ4v) is 3.00. The number of benzene rings is 2. The van der Waals surface area contributed by atoms with Crippen LogP contribution in [0.1, 0.15) is 58.1 Å². The van der Waals surface area contributed by atoms with Gasteiger partial charge in [0.15, 0.2) is 0 Å².